The van der Waals surface area contributed by atoms with Crippen molar-refractivity contribution in [3.05, 3.63) is 65.1 Å². The molecule has 4 heteroatoms. The van der Waals surface area contributed by atoms with Crippen molar-refractivity contribution in [3.8, 4) is 0 Å². The number of hydrogen-bond donors (Lipinski definition) is 1. The summed E-state index contributed by atoms with van der Waals surface area (Å²) < 4.78 is 13.1. The molecule has 0 spiro atoms. The Kier molecular flexibility index (Phi) is 3.90. The molecule has 1 N–H and O–H groups in total. The molecule has 0 aliphatic heterocycles. The van der Waals surface area contributed by atoms with Crippen molar-refractivity contribution in [1.29, 1.82) is 0 Å². The Hall–Kier alpha value is -2.62. The highest BCUT2D eigenvalue weighted by Crippen LogP contribution is 2.24. The number of anilines is 1. The summed E-state index contributed by atoms with van der Waals surface area (Å²) in [5.74, 6) is -0.392. The van der Waals surface area contributed by atoms with Gasteiger partial charge in [-0.25, -0.2) is 4.39 Å². The lowest BCUT2D eigenvalue weighted by molar-refractivity contribution is 0.0988. The molecule has 0 saturated carbocycles. The van der Waals surface area contributed by atoms with Crippen LogP contribution in [-0.2, 0) is 0 Å². The molecule has 3 aromatic rings. The van der Waals surface area contributed by atoms with Crippen LogP contribution in [0.4, 0.5) is 10.1 Å². The normalized spacial score (nSPS) is 11.0. The van der Waals surface area contributed by atoms with Crippen molar-refractivity contribution >= 4 is 22.5 Å². The third-order valence-electron chi connectivity index (χ3n) is 4.25. The minimum Gasteiger partial charge on any atom is -0.358 e. The number of aryl methyl sites for hydroxylation is 2. The molecule has 0 saturated heterocycles. The summed E-state index contributed by atoms with van der Waals surface area (Å²) in [7, 11) is 0. The maximum atomic E-state index is 13.1. The summed E-state index contributed by atoms with van der Waals surface area (Å²) >= 11 is 0. The van der Waals surface area contributed by atoms with Gasteiger partial charge in [-0.3, -0.25) is 4.79 Å². The smallest absolute Gasteiger partial charge is 0.258 e. The zero-order valence-electron chi connectivity index (χ0n) is 13.5. The minimum absolute atomic E-state index is 0.0840. The molecule has 0 radical (unpaired) electrons. The number of benzene rings is 2. The number of carbonyl (C=O) groups is 1. The van der Waals surface area contributed by atoms with Crippen LogP contribution in [-0.4, -0.2) is 17.4 Å². The second-order valence-electron chi connectivity index (χ2n) is 5.66. The number of aromatic nitrogens is 1. The van der Waals surface area contributed by atoms with E-state index in [-0.39, 0.29) is 11.7 Å². The number of fused-ring (bicyclic) bond motifs is 1. The predicted molar refractivity (Wildman–Crippen MR) is 91.5 cm³/mol. The average molecular weight is 310 g/mol. The molecule has 1 aromatic heterocycles. The molecule has 0 unspecified atom stereocenters. The number of hydrogen-bond acceptors (Lipinski definition) is 1. The minimum atomic E-state index is -0.308. The van der Waals surface area contributed by atoms with Gasteiger partial charge in [0.05, 0.1) is 0 Å². The lowest BCUT2D eigenvalue weighted by atomic mass is 10.1. The van der Waals surface area contributed by atoms with Gasteiger partial charge in [-0.05, 0) is 68.8 Å². The molecular weight excluding hydrogens is 291 g/mol. The Bertz CT molecular complexity index is 865. The first-order chi connectivity index (χ1) is 11.0. The fourth-order valence-corrected chi connectivity index (χ4v) is 2.81. The molecule has 1 amide bonds. The van der Waals surface area contributed by atoms with Crippen LogP contribution in [0, 0.1) is 19.7 Å². The summed E-state index contributed by atoms with van der Waals surface area (Å²) in [5, 5.41) is 1.06. The zero-order chi connectivity index (χ0) is 16.6. The van der Waals surface area contributed by atoms with Gasteiger partial charge in [0.15, 0.2) is 0 Å². The number of amides is 1. The largest absolute Gasteiger partial charge is 0.358 e. The van der Waals surface area contributed by atoms with E-state index in [0.29, 0.717) is 17.8 Å². The molecule has 0 atom stereocenters. The van der Waals surface area contributed by atoms with Crippen molar-refractivity contribution in [1.82, 2.24) is 4.98 Å². The third kappa shape index (κ3) is 2.72. The third-order valence-corrected chi connectivity index (χ3v) is 4.25. The zero-order valence-corrected chi connectivity index (χ0v) is 13.5. The number of halogens is 1. The number of carbonyl (C=O) groups excluding carboxylic acids is 1. The van der Waals surface area contributed by atoms with E-state index in [1.807, 2.05) is 39.0 Å². The molecule has 118 valence electrons. The first kappa shape index (κ1) is 15.3. The Morgan fingerprint density at radius 2 is 1.83 bits per heavy atom. The highest BCUT2D eigenvalue weighted by molar-refractivity contribution is 6.08. The lowest BCUT2D eigenvalue weighted by Crippen LogP contribution is -2.30. The van der Waals surface area contributed by atoms with E-state index in [0.717, 1.165) is 22.2 Å². The van der Waals surface area contributed by atoms with E-state index in [2.05, 4.69) is 4.98 Å². The average Bonchev–Trinajstić information content (AvgIpc) is 2.84. The van der Waals surface area contributed by atoms with Crippen LogP contribution in [0.5, 0.6) is 0 Å². The van der Waals surface area contributed by atoms with Crippen LogP contribution in [0.2, 0.25) is 0 Å². The lowest BCUT2D eigenvalue weighted by Gasteiger charge is -2.21. The van der Waals surface area contributed by atoms with E-state index in [1.54, 1.807) is 17.0 Å². The number of nitrogens with zero attached hydrogens (tertiary/aromatic N) is 1. The molecule has 1 heterocycles. The topological polar surface area (TPSA) is 36.1 Å². The van der Waals surface area contributed by atoms with Crippen LogP contribution >= 0.6 is 0 Å². The Labute approximate surface area is 134 Å². The monoisotopic (exact) mass is 310 g/mol. The van der Waals surface area contributed by atoms with Gasteiger partial charge in [0.25, 0.3) is 5.91 Å². The van der Waals surface area contributed by atoms with Crippen LogP contribution in [0.3, 0.4) is 0 Å². The summed E-state index contributed by atoms with van der Waals surface area (Å²) in [4.78, 5) is 17.8. The Morgan fingerprint density at radius 1 is 1.13 bits per heavy atom. The quantitative estimate of drug-likeness (QED) is 0.754. The summed E-state index contributed by atoms with van der Waals surface area (Å²) in [6.45, 7) is 6.49. The van der Waals surface area contributed by atoms with E-state index < -0.39 is 0 Å². The van der Waals surface area contributed by atoms with E-state index in [9.17, 15) is 9.18 Å². The maximum Gasteiger partial charge on any atom is 0.258 e. The molecular formula is C19H19FN2O. The first-order valence-corrected chi connectivity index (χ1v) is 7.67. The number of rotatable bonds is 3. The van der Waals surface area contributed by atoms with Crippen LogP contribution < -0.4 is 4.90 Å². The molecule has 3 rings (SSSR count). The summed E-state index contributed by atoms with van der Waals surface area (Å²) in [6.07, 6.45) is 0. The van der Waals surface area contributed by atoms with Gasteiger partial charge in [-0.2, -0.15) is 0 Å². The molecule has 23 heavy (non-hydrogen) atoms. The van der Waals surface area contributed by atoms with Crippen molar-refractivity contribution in [2.24, 2.45) is 0 Å². The SMILES string of the molecule is CCN(C(=O)c1ccc2[nH]c(C)c(C)c2c1)c1ccc(F)cc1. The van der Waals surface area contributed by atoms with E-state index >= 15 is 0 Å². The van der Waals surface area contributed by atoms with Crippen molar-refractivity contribution in [3.63, 3.8) is 0 Å². The van der Waals surface area contributed by atoms with Crippen LogP contribution in [0.25, 0.3) is 10.9 Å². The molecule has 3 nitrogen and oxygen atoms in total. The van der Waals surface area contributed by atoms with Crippen molar-refractivity contribution < 1.29 is 9.18 Å². The van der Waals surface area contributed by atoms with E-state index in [1.165, 1.54) is 12.1 Å². The molecule has 0 aliphatic rings. The Balaban J connectivity index is 2.00. The second kappa shape index (κ2) is 5.88. The maximum absolute atomic E-state index is 13.1. The highest BCUT2D eigenvalue weighted by Gasteiger charge is 2.17. The fourth-order valence-electron chi connectivity index (χ4n) is 2.81. The second-order valence-corrected chi connectivity index (χ2v) is 5.66. The van der Waals surface area contributed by atoms with Crippen molar-refractivity contribution in [2.75, 3.05) is 11.4 Å². The molecule has 2 aromatic carbocycles. The number of aromatic amines is 1. The summed E-state index contributed by atoms with van der Waals surface area (Å²) in [6, 6.07) is 11.7. The van der Waals surface area contributed by atoms with Gasteiger partial charge in [-0.1, -0.05) is 0 Å². The van der Waals surface area contributed by atoms with E-state index in [4.69, 9.17) is 0 Å². The fraction of sp³-hybridized carbons (Fsp3) is 0.211. The summed E-state index contributed by atoms with van der Waals surface area (Å²) in [5.41, 5.74) is 4.61. The van der Waals surface area contributed by atoms with Gasteiger partial charge in [-0.15, -0.1) is 0 Å². The van der Waals surface area contributed by atoms with Crippen LogP contribution in [0.1, 0.15) is 28.5 Å². The van der Waals surface area contributed by atoms with Gasteiger partial charge < -0.3 is 9.88 Å². The van der Waals surface area contributed by atoms with Gasteiger partial charge in [0.1, 0.15) is 5.82 Å². The first-order valence-electron chi connectivity index (χ1n) is 7.67. The van der Waals surface area contributed by atoms with Gasteiger partial charge in [0, 0.05) is 34.4 Å². The number of H-pyrrole nitrogens is 1. The molecule has 0 fully saturated rings. The predicted octanol–water partition coefficient (Wildman–Crippen LogP) is 4.59. The molecule has 0 bridgehead atoms. The highest BCUT2D eigenvalue weighted by atomic mass is 19.1. The van der Waals surface area contributed by atoms with Gasteiger partial charge in [0.2, 0.25) is 0 Å². The van der Waals surface area contributed by atoms with Crippen molar-refractivity contribution in [2.45, 2.75) is 20.8 Å². The molecule has 0 aliphatic carbocycles. The van der Waals surface area contributed by atoms with Crippen LogP contribution in [0.15, 0.2) is 42.5 Å². The van der Waals surface area contributed by atoms with Gasteiger partial charge >= 0.3 is 0 Å². The standard InChI is InChI=1S/C19H19FN2O/c1-4-22(16-8-6-15(20)7-9-16)19(23)14-5-10-18-17(11-14)12(2)13(3)21-18/h5-11,21H,4H2,1-3H3. The Morgan fingerprint density at radius 3 is 2.48 bits per heavy atom. The number of nitrogens with one attached hydrogen (secondary N) is 1.